The van der Waals surface area contributed by atoms with E-state index in [0.717, 1.165) is 18.3 Å². The maximum atomic E-state index is 14.3. The molecule has 0 fully saturated rings. The van der Waals surface area contributed by atoms with E-state index in [2.05, 4.69) is 4.98 Å². The Morgan fingerprint density at radius 1 is 0.893 bits per heavy atom. The number of rotatable bonds is 3. The lowest BCUT2D eigenvalue weighted by Gasteiger charge is -2.14. The van der Waals surface area contributed by atoms with Gasteiger partial charge in [0.15, 0.2) is 0 Å². The Morgan fingerprint density at radius 3 is 2.32 bits per heavy atom. The molecule has 1 aromatic heterocycles. The number of nitrogens with zero attached hydrogens (tertiary/aromatic N) is 1. The van der Waals surface area contributed by atoms with Gasteiger partial charge in [0, 0.05) is 22.2 Å². The Balaban J connectivity index is 2.09. The number of benzene rings is 3. The lowest BCUT2D eigenvalue weighted by molar-refractivity contribution is 0.590. The van der Waals surface area contributed by atoms with Crippen LogP contribution < -0.4 is 0 Å². The summed E-state index contributed by atoms with van der Waals surface area (Å²) in [5, 5.41) is 0.808. The first-order valence-corrected chi connectivity index (χ1v) is 10.1. The van der Waals surface area contributed by atoms with Crippen LogP contribution in [0.2, 0.25) is 5.02 Å². The second kappa shape index (κ2) is 6.96. The first-order chi connectivity index (χ1) is 13.4. The zero-order valence-electron chi connectivity index (χ0n) is 14.2. The first-order valence-electron chi connectivity index (χ1n) is 8.22. The molecule has 3 aromatic carbocycles. The molecule has 0 atom stereocenters. The van der Waals surface area contributed by atoms with Crippen molar-refractivity contribution in [1.82, 2.24) is 4.98 Å². The lowest BCUT2D eigenvalue weighted by Crippen LogP contribution is -2.06. The summed E-state index contributed by atoms with van der Waals surface area (Å²) in [6.07, 6.45) is 1.11. The molecule has 0 saturated heterocycles. The van der Waals surface area contributed by atoms with Crippen LogP contribution in [-0.2, 0) is 9.84 Å². The third-order valence-corrected chi connectivity index (χ3v) is 6.36. The highest BCUT2D eigenvalue weighted by Crippen LogP contribution is 2.37. The monoisotopic (exact) mass is 415 g/mol. The van der Waals surface area contributed by atoms with Crippen molar-refractivity contribution in [2.24, 2.45) is 0 Å². The van der Waals surface area contributed by atoms with Crippen molar-refractivity contribution in [3.8, 4) is 11.1 Å². The molecule has 0 aliphatic heterocycles. The average Bonchev–Trinajstić information content (AvgIpc) is 2.68. The van der Waals surface area contributed by atoms with Gasteiger partial charge in [0.05, 0.1) is 9.79 Å². The molecule has 4 aromatic rings. The molecule has 4 rings (SSSR count). The average molecular weight is 416 g/mol. The molecule has 0 unspecified atom stereocenters. The molecule has 0 aliphatic rings. The van der Waals surface area contributed by atoms with E-state index in [4.69, 9.17) is 11.6 Å². The van der Waals surface area contributed by atoms with Crippen LogP contribution in [0.15, 0.2) is 82.7 Å². The predicted octanol–water partition coefficient (Wildman–Crippen LogP) is 5.67. The van der Waals surface area contributed by atoms with Crippen LogP contribution in [0.1, 0.15) is 0 Å². The number of sulfone groups is 1. The van der Waals surface area contributed by atoms with Gasteiger partial charge in [0.1, 0.15) is 17.2 Å². The Labute approximate surface area is 165 Å². The number of hydrogen-bond acceptors (Lipinski definition) is 3. The largest absolute Gasteiger partial charge is 0.252 e. The number of fused-ring (bicyclic) bond motifs is 1. The van der Waals surface area contributed by atoms with Gasteiger partial charge in [-0.05, 0) is 42.0 Å². The summed E-state index contributed by atoms with van der Waals surface area (Å²) < 4.78 is 54.4. The van der Waals surface area contributed by atoms with Crippen molar-refractivity contribution in [3.05, 3.63) is 89.6 Å². The van der Waals surface area contributed by atoms with E-state index >= 15 is 0 Å². The summed E-state index contributed by atoms with van der Waals surface area (Å²) in [5.41, 5.74) is 0.855. The fourth-order valence-corrected chi connectivity index (χ4v) is 4.64. The van der Waals surface area contributed by atoms with Gasteiger partial charge < -0.3 is 0 Å². The molecule has 7 heteroatoms. The van der Waals surface area contributed by atoms with Gasteiger partial charge in [-0.1, -0.05) is 41.9 Å². The van der Waals surface area contributed by atoms with Gasteiger partial charge in [0.2, 0.25) is 9.84 Å². The van der Waals surface area contributed by atoms with Crippen molar-refractivity contribution in [2.75, 3.05) is 0 Å². The minimum absolute atomic E-state index is 0.0469. The molecule has 0 N–H and O–H groups in total. The molecule has 0 spiro atoms. The maximum absolute atomic E-state index is 14.3. The summed E-state index contributed by atoms with van der Waals surface area (Å²) in [6, 6.07) is 15.6. The molecule has 3 nitrogen and oxygen atoms in total. The first kappa shape index (κ1) is 18.5. The number of pyridine rings is 1. The molecule has 140 valence electrons. The zero-order valence-corrected chi connectivity index (χ0v) is 15.8. The Hall–Kier alpha value is -2.83. The zero-order chi connectivity index (χ0) is 19.9. The Morgan fingerprint density at radius 2 is 1.61 bits per heavy atom. The number of halogens is 3. The van der Waals surface area contributed by atoms with Crippen molar-refractivity contribution >= 4 is 32.3 Å². The second-order valence-corrected chi connectivity index (χ2v) is 8.46. The molecule has 28 heavy (non-hydrogen) atoms. The molecule has 0 aliphatic carbocycles. The molecule has 0 saturated carbocycles. The third-order valence-electron chi connectivity index (χ3n) is 4.34. The van der Waals surface area contributed by atoms with Crippen molar-refractivity contribution < 1.29 is 17.2 Å². The van der Waals surface area contributed by atoms with Gasteiger partial charge in [-0.25, -0.2) is 17.2 Å². The van der Waals surface area contributed by atoms with Crippen molar-refractivity contribution in [1.29, 1.82) is 0 Å². The fourth-order valence-electron chi connectivity index (χ4n) is 3.05. The van der Waals surface area contributed by atoms with E-state index in [0.29, 0.717) is 16.0 Å². The number of para-hydroxylation sites is 1. The van der Waals surface area contributed by atoms with E-state index < -0.39 is 21.5 Å². The van der Waals surface area contributed by atoms with Crippen molar-refractivity contribution in [3.63, 3.8) is 0 Å². The van der Waals surface area contributed by atoms with Gasteiger partial charge in [-0.2, -0.15) is 0 Å². The van der Waals surface area contributed by atoms with Crippen LogP contribution in [0.3, 0.4) is 0 Å². The summed E-state index contributed by atoms with van der Waals surface area (Å²) in [7, 11) is -4.11. The van der Waals surface area contributed by atoms with Crippen LogP contribution in [0.25, 0.3) is 22.0 Å². The highest BCUT2D eigenvalue weighted by molar-refractivity contribution is 7.91. The standard InChI is InChI=1S/C21H12ClF2NO2S/c22-14-9-7-13(8-10-14)20-17-5-2-6-18(24)21(17)25-12-19(20)28(26,27)16-4-1-3-15(23)11-16/h1-12H. The molecular weight excluding hydrogens is 404 g/mol. The van der Waals surface area contributed by atoms with Crippen LogP contribution in [-0.4, -0.2) is 13.4 Å². The summed E-state index contributed by atoms with van der Waals surface area (Å²) >= 11 is 5.95. The third kappa shape index (κ3) is 3.15. The summed E-state index contributed by atoms with van der Waals surface area (Å²) in [6.45, 7) is 0. The van der Waals surface area contributed by atoms with E-state index in [-0.39, 0.29) is 20.9 Å². The molecular formula is C21H12ClF2NO2S. The number of aromatic nitrogens is 1. The van der Waals surface area contributed by atoms with E-state index in [9.17, 15) is 17.2 Å². The summed E-state index contributed by atoms with van der Waals surface area (Å²) in [4.78, 5) is 3.68. The maximum Gasteiger partial charge on any atom is 0.208 e. The van der Waals surface area contributed by atoms with Gasteiger partial charge >= 0.3 is 0 Å². The van der Waals surface area contributed by atoms with Crippen LogP contribution in [0, 0.1) is 11.6 Å². The minimum Gasteiger partial charge on any atom is -0.252 e. The normalized spacial score (nSPS) is 11.7. The van der Waals surface area contributed by atoms with E-state index in [1.165, 1.54) is 24.3 Å². The van der Waals surface area contributed by atoms with E-state index in [1.54, 1.807) is 30.3 Å². The molecule has 0 bridgehead atoms. The summed E-state index contributed by atoms with van der Waals surface area (Å²) in [5.74, 6) is -1.24. The van der Waals surface area contributed by atoms with E-state index in [1.807, 2.05) is 0 Å². The molecule has 0 radical (unpaired) electrons. The van der Waals surface area contributed by atoms with Crippen LogP contribution in [0.5, 0.6) is 0 Å². The quantitative estimate of drug-likeness (QED) is 0.433. The predicted molar refractivity (Wildman–Crippen MR) is 104 cm³/mol. The Bertz CT molecular complexity index is 1310. The Kier molecular flexibility index (Phi) is 4.61. The van der Waals surface area contributed by atoms with Gasteiger partial charge in [0.25, 0.3) is 0 Å². The van der Waals surface area contributed by atoms with Crippen molar-refractivity contribution in [2.45, 2.75) is 9.79 Å². The van der Waals surface area contributed by atoms with Gasteiger partial charge in [-0.3, -0.25) is 4.98 Å². The molecule has 0 amide bonds. The fraction of sp³-hybridized carbons (Fsp3) is 0. The lowest BCUT2D eigenvalue weighted by atomic mass is 10.0. The molecule has 1 heterocycles. The highest BCUT2D eigenvalue weighted by Gasteiger charge is 2.25. The van der Waals surface area contributed by atoms with Gasteiger partial charge in [-0.15, -0.1) is 0 Å². The number of hydrogen-bond donors (Lipinski definition) is 0. The smallest absolute Gasteiger partial charge is 0.208 e. The second-order valence-electron chi connectivity index (χ2n) is 6.10. The SMILES string of the molecule is O=S(=O)(c1cccc(F)c1)c1cnc2c(F)cccc2c1-c1ccc(Cl)cc1. The van der Waals surface area contributed by atoms with Crippen LogP contribution >= 0.6 is 11.6 Å². The van der Waals surface area contributed by atoms with Crippen LogP contribution in [0.4, 0.5) is 8.78 Å². The minimum atomic E-state index is -4.11. The topological polar surface area (TPSA) is 47.0 Å². The highest BCUT2D eigenvalue weighted by atomic mass is 35.5.